The molecule has 2 atom stereocenters. The van der Waals surface area contributed by atoms with Crippen LogP contribution in [-0.2, 0) is 0 Å². The fourth-order valence-corrected chi connectivity index (χ4v) is 3.42. The molecule has 0 aromatic heterocycles. The first kappa shape index (κ1) is 12.9. The van der Waals surface area contributed by atoms with Gasteiger partial charge in [-0.3, -0.25) is 14.9 Å². The first-order valence-electron chi connectivity index (χ1n) is 6.89. The number of benzene rings is 1. The van der Waals surface area contributed by atoms with E-state index in [1.54, 1.807) is 6.07 Å². The summed E-state index contributed by atoms with van der Waals surface area (Å²) in [7, 11) is 0. The number of nitrogen functional groups attached to an aromatic ring is 1. The smallest absolute Gasteiger partial charge is 0.292 e. The molecule has 0 bridgehead atoms. The van der Waals surface area contributed by atoms with Crippen LogP contribution in [0.3, 0.4) is 0 Å². The van der Waals surface area contributed by atoms with Crippen molar-refractivity contribution < 1.29 is 9.72 Å². The lowest BCUT2D eigenvalue weighted by Crippen LogP contribution is -2.29. The molecule has 2 unspecified atom stereocenters. The van der Waals surface area contributed by atoms with Crippen molar-refractivity contribution in [2.75, 3.05) is 18.8 Å². The predicted molar refractivity (Wildman–Crippen MR) is 74.2 cm³/mol. The van der Waals surface area contributed by atoms with E-state index in [4.69, 9.17) is 5.73 Å². The van der Waals surface area contributed by atoms with Gasteiger partial charge in [-0.1, -0.05) is 6.42 Å². The van der Waals surface area contributed by atoms with Crippen LogP contribution in [0.4, 0.5) is 11.4 Å². The highest BCUT2D eigenvalue weighted by atomic mass is 16.6. The number of rotatable bonds is 2. The fourth-order valence-electron chi connectivity index (χ4n) is 3.42. The van der Waals surface area contributed by atoms with Crippen LogP contribution < -0.4 is 5.73 Å². The summed E-state index contributed by atoms with van der Waals surface area (Å²) in [4.78, 5) is 24.6. The number of nitrogens with two attached hydrogens (primary N) is 1. The molecule has 6 heteroatoms. The molecule has 3 rings (SSSR count). The lowest BCUT2D eigenvalue weighted by Gasteiger charge is -2.17. The third-order valence-corrected chi connectivity index (χ3v) is 4.49. The lowest BCUT2D eigenvalue weighted by molar-refractivity contribution is -0.383. The fraction of sp³-hybridized carbons (Fsp3) is 0.500. The number of nitrogens with zero attached hydrogens (tertiary/aromatic N) is 2. The zero-order chi connectivity index (χ0) is 14.3. The Bertz CT molecular complexity index is 561. The van der Waals surface area contributed by atoms with Gasteiger partial charge in [-0.05, 0) is 36.8 Å². The van der Waals surface area contributed by atoms with E-state index in [9.17, 15) is 14.9 Å². The molecule has 6 nitrogen and oxygen atoms in total. The Balaban J connectivity index is 1.81. The van der Waals surface area contributed by atoms with E-state index in [2.05, 4.69) is 0 Å². The number of likely N-dealkylation sites (tertiary alicyclic amines) is 1. The van der Waals surface area contributed by atoms with E-state index < -0.39 is 4.92 Å². The summed E-state index contributed by atoms with van der Waals surface area (Å²) in [6, 6.07) is 4.28. The Morgan fingerprint density at radius 2 is 1.95 bits per heavy atom. The standard InChI is InChI=1S/C14H17N3O3/c15-12-5-4-9(6-13(12)17(19)20)14(18)16-7-10-2-1-3-11(10)8-16/h4-6,10-11H,1-3,7-8,15H2. The number of carbonyl (C=O) groups excluding carboxylic acids is 1. The Labute approximate surface area is 116 Å². The molecule has 2 aliphatic rings. The molecule has 1 aromatic carbocycles. The van der Waals surface area contributed by atoms with E-state index in [0.717, 1.165) is 13.1 Å². The highest BCUT2D eigenvalue weighted by Crippen LogP contribution is 2.38. The van der Waals surface area contributed by atoms with Crippen molar-refractivity contribution in [3.8, 4) is 0 Å². The molecular weight excluding hydrogens is 258 g/mol. The van der Waals surface area contributed by atoms with Crippen LogP contribution >= 0.6 is 0 Å². The van der Waals surface area contributed by atoms with E-state index >= 15 is 0 Å². The number of amides is 1. The van der Waals surface area contributed by atoms with Gasteiger partial charge in [0.1, 0.15) is 5.69 Å². The number of nitro groups is 1. The Hall–Kier alpha value is -2.11. The van der Waals surface area contributed by atoms with Gasteiger partial charge in [-0.2, -0.15) is 0 Å². The third-order valence-electron chi connectivity index (χ3n) is 4.49. The Morgan fingerprint density at radius 3 is 2.55 bits per heavy atom. The van der Waals surface area contributed by atoms with E-state index in [0.29, 0.717) is 17.4 Å². The normalized spacial score (nSPS) is 24.7. The minimum atomic E-state index is -0.551. The highest BCUT2D eigenvalue weighted by Gasteiger charge is 2.38. The van der Waals surface area contributed by atoms with Crippen LogP contribution in [0.1, 0.15) is 29.6 Å². The van der Waals surface area contributed by atoms with Crippen LogP contribution in [0, 0.1) is 22.0 Å². The quantitative estimate of drug-likeness (QED) is 0.508. The first-order valence-corrected chi connectivity index (χ1v) is 6.89. The highest BCUT2D eigenvalue weighted by molar-refractivity contribution is 5.95. The SMILES string of the molecule is Nc1ccc(C(=O)N2CC3CCCC3C2)cc1[N+](=O)[O-]. The van der Waals surface area contributed by atoms with E-state index in [-0.39, 0.29) is 17.3 Å². The van der Waals surface area contributed by atoms with Gasteiger partial charge in [0, 0.05) is 24.7 Å². The summed E-state index contributed by atoms with van der Waals surface area (Å²) < 4.78 is 0. The largest absolute Gasteiger partial charge is 0.393 e. The van der Waals surface area contributed by atoms with Crippen LogP contribution in [-0.4, -0.2) is 28.8 Å². The molecule has 1 aliphatic carbocycles. The zero-order valence-corrected chi connectivity index (χ0v) is 11.1. The summed E-state index contributed by atoms with van der Waals surface area (Å²) in [6.07, 6.45) is 3.64. The summed E-state index contributed by atoms with van der Waals surface area (Å²) in [6.45, 7) is 1.56. The van der Waals surface area contributed by atoms with Gasteiger partial charge in [0.2, 0.25) is 0 Å². The minimum Gasteiger partial charge on any atom is -0.393 e. The second-order valence-electron chi connectivity index (χ2n) is 5.69. The summed E-state index contributed by atoms with van der Waals surface area (Å²) >= 11 is 0. The molecule has 1 saturated heterocycles. The van der Waals surface area contributed by atoms with Gasteiger partial charge in [-0.15, -0.1) is 0 Å². The number of carbonyl (C=O) groups is 1. The molecule has 20 heavy (non-hydrogen) atoms. The number of nitro benzene ring substituents is 1. The van der Waals surface area contributed by atoms with Crippen LogP contribution in [0.2, 0.25) is 0 Å². The van der Waals surface area contributed by atoms with Gasteiger partial charge < -0.3 is 10.6 Å². The number of anilines is 1. The average Bonchev–Trinajstić information content (AvgIpc) is 2.98. The van der Waals surface area contributed by atoms with Crippen molar-refractivity contribution in [1.29, 1.82) is 0 Å². The summed E-state index contributed by atoms with van der Waals surface area (Å²) in [5.41, 5.74) is 5.79. The lowest BCUT2D eigenvalue weighted by atomic mass is 10.0. The van der Waals surface area contributed by atoms with Crippen molar-refractivity contribution in [3.05, 3.63) is 33.9 Å². The number of hydrogen-bond donors (Lipinski definition) is 1. The molecule has 2 N–H and O–H groups in total. The van der Waals surface area contributed by atoms with Crippen molar-refractivity contribution >= 4 is 17.3 Å². The molecule has 1 heterocycles. The van der Waals surface area contributed by atoms with Gasteiger partial charge in [0.15, 0.2) is 0 Å². The van der Waals surface area contributed by atoms with Crippen molar-refractivity contribution in [3.63, 3.8) is 0 Å². The van der Waals surface area contributed by atoms with Gasteiger partial charge in [0.05, 0.1) is 4.92 Å². The second-order valence-corrected chi connectivity index (χ2v) is 5.69. The van der Waals surface area contributed by atoms with Crippen molar-refractivity contribution in [1.82, 2.24) is 4.90 Å². The first-order chi connectivity index (χ1) is 9.56. The van der Waals surface area contributed by atoms with Gasteiger partial charge in [-0.25, -0.2) is 0 Å². The molecule has 2 fully saturated rings. The number of hydrogen-bond acceptors (Lipinski definition) is 4. The minimum absolute atomic E-state index is 0.0878. The Kier molecular flexibility index (Phi) is 3.08. The van der Waals surface area contributed by atoms with Crippen molar-refractivity contribution in [2.24, 2.45) is 11.8 Å². The summed E-state index contributed by atoms with van der Waals surface area (Å²) in [5, 5.41) is 10.9. The monoisotopic (exact) mass is 275 g/mol. The Morgan fingerprint density at radius 1 is 1.30 bits per heavy atom. The molecule has 1 aromatic rings. The van der Waals surface area contributed by atoms with E-state index in [1.807, 2.05) is 4.90 Å². The van der Waals surface area contributed by atoms with Crippen LogP contribution in [0.5, 0.6) is 0 Å². The molecule has 106 valence electrons. The molecule has 0 spiro atoms. The van der Waals surface area contributed by atoms with Gasteiger partial charge in [0.25, 0.3) is 11.6 Å². The van der Waals surface area contributed by atoms with Gasteiger partial charge >= 0.3 is 0 Å². The third kappa shape index (κ3) is 2.11. The maximum absolute atomic E-state index is 12.4. The summed E-state index contributed by atoms with van der Waals surface area (Å²) in [5.74, 6) is 1.10. The van der Waals surface area contributed by atoms with Crippen molar-refractivity contribution in [2.45, 2.75) is 19.3 Å². The zero-order valence-electron chi connectivity index (χ0n) is 11.1. The van der Waals surface area contributed by atoms with E-state index in [1.165, 1.54) is 31.4 Å². The topological polar surface area (TPSA) is 89.5 Å². The molecule has 1 aliphatic heterocycles. The molecule has 0 radical (unpaired) electrons. The molecule has 1 saturated carbocycles. The van der Waals surface area contributed by atoms with Crippen LogP contribution in [0.15, 0.2) is 18.2 Å². The maximum Gasteiger partial charge on any atom is 0.292 e. The average molecular weight is 275 g/mol. The molecular formula is C14H17N3O3. The predicted octanol–water partition coefficient (Wildman–Crippen LogP) is 2.05. The maximum atomic E-state index is 12.4. The molecule has 1 amide bonds. The number of fused-ring (bicyclic) bond motifs is 1. The second kappa shape index (κ2) is 4.77. The van der Waals surface area contributed by atoms with Crippen LogP contribution in [0.25, 0.3) is 0 Å².